The van der Waals surface area contributed by atoms with Crippen molar-refractivity contribution in [2.45, 2.75) is 26.7 Å². The highest BCUT2D eigenvalue weighted by Crippen LogP contribution is 2.24. The fourth-order valence-corrected chi connectivity index (χ4v) is 2.34. The first-order chi connectivity index (χ1) is 4.79. The Morgan fingerprint density at radius 3 is 2.50 bits per heavy atom. The Balaban J connectivity index is 2.90. The smallest absolute Gasteiger partial charge is 0.0737 e. The van der Waals surface area contributed by atoms with Gasteiger partial charge in [-0.25, -0.2) is 0 Å². The van der Waals surface area contributed by atoms with Gasteiger partial charge in [-0.1, -0.05) is 13.8 Å². The molecule has 1 rings (SSSR count). The molecule has 0 aromatic heterocycles. The van der Waals surface area contributed by atoms with E-state index in [1.165, 1.54) is 5.57 Å². The lowest BCUT2D eigenvalue weighted by Crippen LogP contribution is -1.87. The predicted molar refractivity (Wildman–Crippen MR) is 44.9 cm³/mol. The van der Waals surface area contributed by atoms with Crippen LogP contribution < -0.4 is 0 Å². The maximum absolute atomic E-state index is 11.1. The summed E-state index contributed by atoms with van der Waals surface area (Å²) in [6.07, 6.45) is 3.91. The Kier molecular flexibility index (Phi) is 2.44. The van der Waals surface area contributed by atoms with Crippen molar-refractivity contribution < 1.29 is 4.21 Å². The van der Waals surface area contributed by atoms with Crippen LogP contribution in [0.15, 0.2) is 22.0 Å². The third-order valence-corrected chi connectivity index (χ3v) is 3.12. The number of allylic oxidation sites excluding steroid dienone is 3. The maximum Gasteiger partial charge on any atom is 0.0737 e. The van der Waals surface area contributed by atoms with Gasteiger partial charge in [0.25, 0.3) is 0 Å². The summed E-state index contributed by atoms with van der Waals surface area (Å²) in [7, 11) is -0.792. The van der Waals surface area contributed by atoms with Crippen LogP contribution in [0.4, 0.5) is 0 Å². The second-order valence-electron chi connectivity index (χ2n) is 2.26. The van der Waals surface area contributed by atoms with Crippen molar-refractivity contribution in [2.75, 3.05) is 0 Å². The highest BCUT2D eigenvalue weighted by atomic mass is 32.2. The lowest BCUT2D eigenvalue weighted by molar-refractivity contribution is 0.691. The zero-order chi connectivity index (χ0) is 7.56. The molecule has 1 aliphatic rings. The van der Waals surface area contributed by atoms with Crippen molar-refractivity contribution in [3.8, 4) is 0 Å². The molecule has 0 amide bonds. The molecule has 0 aliphatic carbocycles. The molecule has 0 radical (unpaired) electrons. The van der Waals surface area contributed by atoms with Crippen LogP contribution in [0.1, 0.15) is 26.7 Å². The molecule has 1 atom stereocenters. The highest BCUT2D eigenvalue weighted by Gasteiger charge is 2.11. The Labute approximate surface area is 64.3 Å². The van der Waals surface area contributed by atoms with Gasteiger partial charge in [-0.05, 0) is 24.5 Å². The third-order valence-electron chi connectivity index (χ3n) is 1.70. The second-order valence-corrected chi connectivity index (χ2v) is 3.62. The predicted octanol–water partition coefficient (Wildman–Crippen LogP) is 2.34. The van der Waals surface area contributed by atoms with Crippen LogP contribution in [-0.2, 0) is 10.8 Å². The van der Waals surface area contributed by atoms with Gasteiger partial charge in [0.2, 0.25) is 0 Å². The van der Waals surface area contributed by atoms with Crippen molar-refractivity contribution in [3.05, 3.63) is 22.0 Å². The molecule has 0 spiro atoms. The first-order valence-electron chi connectivity index (χ1n) is 3.60. The molecule has 0 N–H and O–H groups in total. The van der Waals surface area contributed by atoms with E-state index in [-0.39, 0.29) is 0 Å². The zero-order valence-electron chi connectivity index (χ0n) is 6.39. The largest absolute Gasteiger partial charge is 0.250 e. The van der Waals surface area contributed by atoms with E-state index < -0.39 is 10.8 Å². The van der Waals surface area contributed by atoms with Gasteiger partial charge in [-0.3, -0.25) is 4.21 Å². The molecular formula is C8H12OS. The van der Waals surface area contributed by atoms with Crippen LogP contribution in [0.25, 0.3) is 0 Å². The summed E-state index contributed by atoms with van der Waals surface area (Å²) < 4.78 is 11.1. The molecule has 0 aromatic carbocycles. The van der Waals surface area contributed by atoms with Gasteiger partial charge in [0.05, 0.1) is 10.8 Å². The summed E-state index contributed by atoms with van der Waals surface area (Å²) in [5, 5.41) is 1.78. The van der Waals surface area contributed by atoms with Gasteiger partial charge in [0, 0.05) is 10.3 Å². The van der Waals surface area contributed by atoms with Crippen molar-refractivity contribution in [1.29, 1.82) is 0 Å². The molecule has 0 saturated heterocycles. The SMILES string of the molecule is CCC1=C(CC)S(=O)C=C1. The topological polar surface area (TPSA) is 17.1 Å². The summed E-state index contributed by atoms with van der Waals surface area (Å²) in [5.74, 6) is 0. The van der Waals surface area contributed by atoms with Crippen LogP contribution in [-0.4, -0.2) is 4.21 Å². The van der Waals surface area contributed by atoms with E-state index in [0.29, 0.717) is 0 Å². The molecule has 10 heavy (non-hydrogen) atoms. The van der Waals surface area contributed by atoms with Crippen LogP contribution in [0, 0.1) is 0 Å². The minimum atomic E-state index is -0.792. The summed E-state index contributed by atoms with van der Waals surface area (Å²) in [4.78, 5) is 1.11. The minimum Gasteiger partial charge on any atom is -0.250 e. The lowest BCUT2D eigenvalue weighted by Gasteiger charge is -1.98. The molecule has 2 heteroatoms. The van der Waals surface area contributed by atoms with E-state index in [1.54, 1.807) is 5.41 Å². The summed E-state index contributed by atoms with van der Waals surface area (Å²) >= 11 is 0. The second kappa shape index (κ2) is 3.15. The summed E-state index contributed by atoms with van der Waals surface area (Å²) in [6, 6.07) is 0. The van der Waals surface area contributed by atoms with Gasteiger partial charge < -0.3 is 0 Å². The molecule has 1 aliphatic heterocycles. The molecule has 1 nitrogen and oxygen atoms in total. The standard InChI is InChI=1S/C8H12OS/c1-3-7-5-6-10(9)8(7)4-2/h5-6H,3-4H2,1-2H3. The molecule has 0 saturated carbocycles. The molecule has 1 unspecified atom stereocenters. The van der Waals surface area contributed by atoms with Crippen LogP contribution in [0.2, 0.25) is 0 Å². The van der Waals surface area contributed by atoms with Gasteiger partial charge in [-0.2, -0.15) is 0 Å². The monoisotopic (exact) mass is 156 g/mol. The number of rotatable bonds is 2. The number of hydrogen-bond acceptors (Lipinski definition) is 1. The molecule has 0 fully saturated rings. The molecule has 0 aromatic rings. The Bertz CT molecular complexity index is 207. The number of hydrogen-bond donors (Lipinski definition) is 0. The first kappa shape index (κ1) is 7.73. The fourth-order valence-electron chi connectivity index (χ4n) is 1.13. The zero-order valence-corrected chi connectivity index (χ0v) is 7.20. The van der Waals surface area contributed by atoms with E-state index in [2.05, 4.69) is 13.8 Å². The first-order valence-corrected chi connectivity index (χ1v) is 4.81. The molecular weight excluding hydrogens is 144 g/mol. The van der Waals surface area contributed by atoms with E-state index in [4.69, 9.17) is 0 Å². The average Bonchev–Trinajstić information content (AvgIpc) is 2.30. The van der Waals surface area contributed by atoms with E-state index >= 15 is 0 Å². The third kappa shape index (κ3) is 1.21. The summed E-state index contributed by atoms with van der Waals surface area (Å²) in [5.41, 5.74) is 1.26. The molecule has 0 bridgehead atoms. The van der Waals surface area contributed by atoms with Crippen molar-refractivity contribution in [3.63, 3.8) is 0 Å². The minimum absolute atomic E-state index is 0.792. The van der Waals surface area contributed by atoms with Crippen LogP contribution in [0.5, 0.6) is 0 Å². The average molecular weight is 156 g/mol. The van der Waals surface area contributed by atoms with Crippen molar-refractivity contribution in [2.24, 2.45) is 0 Å². The maximum atomic E-state index is 11.1. The van der Waals surface area contributed by atoms with E-state index in [0.717, 1.165) is 17.7 Å². The van der Waals surface area contributed by atoms with Crippen LogP contribution in [0.3, 0.4) is 0 Å². The van der Waals surface area contributed by atoms with Gasteiger partial charge in [0.15, 0.2) is 0 Å². The molecule has 56 valence electrons. The van der Waals surface area contributed by atoms with Gasteiger partial charge in [-0.15, -0.1) is 0 Å². The highest BCUT2D eigenvalue weighted by molar-refractivity contribution is 7.92. The molecule has 1 heterocycles. The lowest BCUT2D eigenvalue weighted by atomic mass is 10.2. The quantitative estimate of drug-likeness (QED) is 0.599. The fraction of sp³-hybridized carbons (Fsp3) is 0.500. The van der Waals surface area contributed by atoms with Crippen molar-refractivity contribution >= 4 is 10.8 Å². The van der Waals surface area contributed by atoms with Gasteiger partial charge >= 0.3 is 0 Å². The normalized spacial score (nSPS) is 24.4. The Morgan fingerprint density at radius 1 is 1.40 bits per heavy atom. The van der Waals surface area contributed by atoms with Crippen molar-refractivity contribution in [1.82, 2.24) is 0 Å². The Hall–Kier alpha value is -0.370. The van der Waals surface area contributed by atoms with Gasteiger partial charge in [0.1, 0.15) is 0 Å². The van der Waals surface area contributed by atoms with E-state index in [9.17, 15) is 4.21 Å². The van der Waals surface area contributed by atoms with Crippen LogP contribution >= 0.6 is 0 Å². The summed E-state index contributed by atoms with van der Waals surface area (Å²) in [6.45, 7) is 4.15. The van der Waals surface area contributed by atoms with E-state index in [1.807, 2.05) is 6.08 Å². The Morgan fingerprint density at radius 2 is 2.10 bits per heavy atom.